The molecule has 5 heteroatoms. The first-order valence-electron chi connectivity index (χ1n) is 7.38. The molecule has 0 amide bonds. The Morgan fingerprint density at radius 3 is 2.48 bits per heavy atom. The molecule has 1 atom stereocenters. The number of ether oxygens (including phenoxy) is 1. The third kappa shape index (κ3) is 3.40. The minimum Gasteiger partial charge on any atom is -0.376 e. The fraction of sp³-hybridized carbons (Fsp3) is 0.625. The highest BCUT2D eigenvalue weighted by molar-refractivity contribution is 5.30. The number of nitrogens with one attached hydrogen (secondary N) is 1. The SMILES string of the molecule is CCNC(c1cccc(C(F)(F)F)c1)C1(OC)CCCC1. The number of hydrogen-bond donors (Lipinski definition) is 1. The molecule has 1 aliphatic carbocycles. The molecular formula is C16H22F3NO. The molecule has 1 fully saturated rings. The molecule has 2 nitrogen and oxygen atoms in total. The number of halogens is 3. The summed E-state index contributed by atoms with van der Waals surface area (Å²) >= 11 is 0. The van der Waals surface area contributed by atoms with Crippen molar-refractivity contribution in [1.29, 1.82) is 0 Å². The van der Waals surface area contributed by atoms with Crippen LogP contribution >= 0.6 is 0 Å². The van der Waals surface area contributed by atoms with Gasteiger partial charge < -0.3 is 10.1 Å². The molecule has 118 valence electrons. The summed E-state index contributed by atoms with van der Waals surface area (Å²) in [6, 6.07) is 5.37. The molecule has 1 N–H and O–H groups in total. The topological polar surface area (TPSA) is 21.3 Å². The van der Waals surface area contributed by atoms with E-state index in [4.69, 9.17) is 4.74 Å². The molecule has 1 aromatic carbocycles. The van der Waals surface area contributed by atoms with Crippen LogP contribution in [0, 0.1) is 0 Å². The van der Waals surface area contributed by atoms with Gasteiger partial charge in [-0.1, -0.05) is 31.9 Å². The number of hydrogen-bond acceptors (Lipinski definition) is 2. The molecular weight excluding hydrogens is 279 g/mol. The fourth-order valence-corrected chi connectivity index (χ4v) is 3.29. The predicted molar refractivity (Wildman–Crippen MR) is 76.1 cm³/mol. The van der Waals surface area contributed by atoms with Crippen LogP contribution in [-0.2, 0) is 10.9 Å². The Labute approximate surface area is 123 Å². The maximum absolute atomic E-state index is 12.9. The monoisotopic (exact) mass is 301 g/mol. The lowest BCUT2D eigenvalue weighted by molar-refractivity contribution is -0.137. The molecule has 0 aromatic heterocycles. The Kier molecular flexibility index (Phi) is 4.94. The zero-order valence-corrected chi connectivity index (χ0v) is 12.5. The molecule has 0 spiro atoms. The van der Waals surface area contributed by atoms with Crippen LogP contribution in [0.3, 0.4) is 0 Å². The second-order valence-corrected chi connectivity index (χ2v) is 5.59. The van der Waals surface area contributed by atoms with Gasteiger partial charge in [-0.2, -0.15) is 13.2 Å². The molecule has 1 saturated carbocycles. The van der Waals surface area contributed by atoms with Gasteiger partial charge in [0.2, 0.25) is 0 Å². The standard InChI is InChI=1S/C16H22F3NO/c1-3-20-14(15(21-2)9-4-5-10-15)12-7-6-8-13(11-12)16(17,18)19/h6-8,11,14,20H,3-5,9-10H2,1-2H3. The van der Waals surface area contributed by atoms with Crippen molar-refractivity contribution in [3.05, 3.63) is 35.4 Å². The lowest BCUT2D eigenvalue weighted by Crippen LogP contribution is -2.43. The number of rotatable bonds is 5. The minimum absolute atomic E-state index is 0.211. The quantitative estimate of drug-likeness (QED) is 0.874. The van der Waals surface area contributed by atoms with Gasteiger partial charge in [-0.3, -0.25) is 0 Å². The molecule has 1 unspecified atom stereocenters. The summed E-state index contributed by atoms with van der Waals surface area (Å²) in [5.74, 6) is 0. The summed E-state index contributed by atoms with van der Waals surface area (Å²) in [5.41, 5.74) is -0.358. The Morgan fingerprint density at radius 1 is 1.29 bits per heavy atom. The molecule has 1 aliphatic rings. The molecule has 0 heterocycles. The largest absolute Gasteiger partial charge is 0.416 e. The van der Waals surface area contributed by atoms with Gasteiger partial charge in [-0.25, -0.2) is 0 Å². The Balaban J connectivity index is 2.38. The van der Waals surface area contributed by atoms with Crippen LogP contribution in [-0.4, -0.2) is 19.3 Å². The highest BCUT2D eigenvalue weighted by Crippen LogP contribution is 2.43. The molecule has 0 radical (unpaired) electrons. The third-order valence-corrected chi connectivity index (χ3v) is 4.34. The maximum atomic E-state index is 12.9. The van der Waals surface area contributed by atoms with Crippen molar-refractivity contribution in [1.82, 2.24) is 5.32 Å². The molecule has 2 rings (SSSR count). The van der Waals surface area contributed by atoms with E-state index in [0.717, 1.165) is 31.7 Å². The van der Waals surface area contributed by atoms with Crippen LogP contribution in [0.15, 0.2) is 24.3 Å². The third-order valence-electron chi connectivity index (χ3n) is 4.34. The van der Waals surface area contributed by atoms with E-state index < -0.39 is 17.3 Å². The van der Waals surface area contributed by atoms with Crippen LogP contribution in [0.25, 0.3) is 0 Å². The van der Waals surface area contributed by atoms with Gasteiger partial charge in [-0.15, -0.1) is 0 Å². The zero-order valence-electron chi connectivity index (χ0n) is 12.5. The van der Waals surface area contributed by atoms with E-state index in [0.29, 0.717) is 12.1 Å². The smallest absolute Gasteiger partial charge is 0.376 e. The van der Waals surface area contributed by atoms with Crippen LogP contribution in [0.5, 0.6) is 0 Å². The van der Waals surface area contributed by atoms with Gasteiger partial charge in [0.25, 0.3) is 0 Å². The minimum atomic E-state index is -4.32. The van der Waals surface area contributed by atoms with Gasteiger partial charge in [0.15, 0.2) is 0 Å². The van der Waals surface area contributed by atoms with Gasteiger partial charge in [0.1, 0.15) is 0 Å². The molecule has 0 saturated heterocycles. The highest BCUT2D eigenvalue weighted by atomic mass is 19.4. The molecule has 1 aromatic rings. The molecule has 0 aliphatic heterocycles. The van der Waals surface area contributed by atoms with E-state index in [9.17, 15) is 13.2 Å². The number of methoxy groups -OCH3 is 1. The van der Waals surface area contributed by atoms with Crippen LogP contribution in [0.1, 0.15) is 49.8 Å². The molecule has 21 heavy (non-hydrogen) atoms. The van der Waals surface area contributed by atoms with E-state index in [2.05, 4.69) is 5.32 Å². The summed E-state index contributed by atoms with van der Waals surface area (Å²) < 4.78 is 44.5. The van der Waals surface area contributed by atoms with E-state index in [1.807, 2.05) is 6.92 Å². The van der Waals surface area contributed by atoms with Crippen molar-refractivity contribution < 1.29 is 17.9 Å². The predicted octanol–water partition coefficient (Wildman–Crippen LogP) is 4.32. The van der Waals surface area contributed by atoms with Crippen molar-refractivity contribution in [2.24, 2.45) is 0 Å². The second kappa shape index (κ2) is 6.36. The first-order valence-corrected chi connectivity index (χ1v) is 7.38. The van der Waals surface area contributed by atoms with E-state index >= 15 is 0 Å². The Bertz CT molecular complexity index is 467. The number of likely N-dealkylation sites (N-methyl/N-ethyl adjacent to an activating group) is 1. The lowest BCUT2D eigenvalue weighted by Gasteiger charge is -2.37. The summed E-state index contributed by atoms with van der Waals surface area (Å²) in [7, 11) is 1.66. The summed E-state index contributed by atoms with van der Waals surface area (Å²) in [6.45, 7) is 2.64. The van der Waals surface area contributed by atoms with Crippen molar-refractivity contribution >= 4 is 0 Å². The average Bonchev–Trinajstić information content (AvgIpc) is 2.94. The first-order chi connectivity index (χ1) is 9.93. The first kappa shape index (κ1) is 16.3. The van der Waals surface area contributed by atoms with Crippen LogP contribution in [0.4, 0.5) is 13.2 Å². The average molecular weight is 301 g/mol. The van der Waals surface area contributed by atoms with E-state index in [1.54, 1.807) is 13.2 Å². The fourth-order valence-electron chi connectivity index (χ4n) is 3.29. The van der Waals surface area contributed by atoms with Crippen molar-refractivity contribution in [3.63, 3.8) is 0 Å². The van der Waals surface area contributed by atoms with Gasteiger partial charge in [0, 0.05) is 7.11 Å². The van der Waals surface area contributed by atoms with Crippen LogP contribution in [0.2, 0.25) is 0 Å². The van der Waals surface area contributed by atoms with Gasteiger partial charge in [-0.05, 0) is 37.1 Å². The lowest BCUT2D eigenvalue weighted by atomic mass is 9.86. The van der Waals surface area contributed by atoms with E-state index in [-0.39, 0.29) is 6.04 Å². The molecule has 0 bridgehead atoms. The van der Waals surface area contributed by atoms with Gasteiger partial charge in [0.05, 0.1) is 17.2 Å². The van der Waals surface area contributed by atoms with Crippen molar-refractivity contribution in [2.75, 3.05) is 13.7 Å². The second-order valence-electron chi connectivity index (χ2n) is 5.59. The highest BCUT2D eigenvalue weighted by Gasteiger charge is 2.42. The Hall–Kier alpha value is -1.07. The summed E-state index contributed by atoms with van der Waals surface area (Å²) in [6.07, 6.45) is -0.471. The summed E-state index contributed by atoms with van der Waals surface area (Å²) in [4.78, 5) is 0. The van der Waals surface area contributed by atoms with Crippen LogP contribution < -0.4 is 5.32 Å². The Morgan fingerprint density at radius 2 is 1.95 bits per heavy atom. The normalized spacial score (nSPS) is 19.7. The van der Waals surface area contributed by atoms with E-state index in [1.165, 1.54) is 12.1 Å². The summed E-state index contributed by atoms with van der Waals surface area (Å²) in [5, 5.41) is 3.32. The zero-order chi connectivity index (χ0) is 15.5. The maximum Gasteiger partial charge on any atom is 0.416 e. The number of benzene rings is 1. The number of alkyl halides is 3. The van der Waals surface area contributed by atoms with Crippen molar-refractivity contribution in [3.8, 4) is 0 Å². The van der Waals surface area contributed by atoms with Gasteiger partial charge >= 0.3 is 6.18 Å². The van der Waals surface area contributed by atoms with Crippen molar-refractivity contribution in [2.45, 2.75) is 50.4 Å².